The fourth-order valence-corrected chi connectivity index (χ4v) is 13.0. The van der Waals surface area contributed by atoms with Gasteiger partial charge >= 0.3 is 17.9 Å². The number of carbonyl (C=O) groups excluding carboxylic acids is 2. The summed E-state index contributed by atoms with van der Waals surface area (Å²) in [6.07, 6.45) is 9.61. The number of ether oxygens (including phenoxy) is 3. The lowest BCUT2D eigenvalue weighted by molar-refractivity contribution is -0.281. The number of carbonyl (C=O) groups is 3. The SMILES string of the molecule is CCCN(CC(=O)O[C@H]1[C@H](OC(C)=O)C[C@]23C4=CC[C@@]5(C)[C@H](C(=O)O)[C@@](C)([C@H](C)C(C)C)CC[C@]5(C)[C@H]4CC[C@H]2[C@@]1(C)CO[C@H]3C)CC1CC1. The molecule has 0 aromatic carbocycles. The molecule has 0 amide bonds. The lowest BCUT2D eigenvalue weighted by Crippen LogP contribution is -2.72. The highest BCUT2D eigenvalue weighted by atomic mass is 16.6. The van der Waals surface area contributed by atoms with Gasteiger partial charge in [0, 0.05) is 30.7 Å². The fraction of sp³-hybridized carbons (Fsp3) is 0.881. The first kappa shape index (κ1) is 37.8. The summed E-state index contributed by atoms with van der Waals surface area (Å²) in [6.45, 7) is 24.1. The highest BCUT2D eigenvalue weighted by molar-refractivity contribution is 5.73. The van der Waals surface area contributed by atoms with Gasteiger partial charge in [-0.3, -0.25) is 19.3 Å². The third kappa shape index (κ3) is 5.71. The molecule has 50 heavy (non-hydrogen) atoms. The Morgan fingerprint density at radius 2 is 1.72 bits per heavy atom. The highest BCUT2D eigenvalue weighted by Crippen LogP contribution is 2.75. The van der Waals surface area contributed by atoms with Crippen molar-refractivity contribution in [2.45, 2.75) is 145 Å². The molecule has 0 unspecified atom stereocenters. The van der Waals surface area contributed by atoms with Crippen LogP contribution in [0.4, 0.5) is 0 Å². The average Bonchev–Trinajstić information content (AvgIpc) is 3.85. The van der Waals surface area contributed by atoms with Crippen LogP contribution in [0.3, 0.4) is 0 Å². The largest absolute Gasteiger partial charge is 0.481 e. The Hall–Kier alpha value is -1.93. The molecule has 4 saturated carbocycles. The van der Waals surface area contributed by atoms with Gasteiger partial charge in [0.15, 0.2) is 0 Å². The zero-order chi connectivity index (χ0) is 36.6. The Morgan fingerprint density at radius 1 is 1.02 bits per heavy atom. The molecule has 2 bridgehead atoms. The third-order valence-corrected chi connectivity index (χ3v) is 16.2. The molecule has 1 saturated heterocycles. The molecule has 0 aromatic rings. The van der Waals surface area contributed by atoms with Crippen LogP contribution in [0.2, 0.25) is 0 Å². The van der Waals surface area contributed by atoms with Crippen molar-refractivity contribution in [2.24, 2.45) is 62.6 Å². The standard InChI is InChI=1S/C42H67NO7/c1-11-20-43(22-29-12-13-29)23-34(45)50-36-32(49-28(6)44)21-42-27(5)48-24-39(36,8)33(42)15-14-30-31(42)16-17-41(10)35(37(46)47)38(7,26(4)25(2)3)18-19-40(30,41)9/h16,25-27,29-30,32-33,35-36H,11-15,17-24H2,1-10H3,(H,46,47)/t26-,27+,30+,32-,33+,35-,36+,38-,39-,40-,41+,42+/m1/s1. The molecule has 1 heterocycles. The summed E-state index contributed by atoms with van der Waals surface area (Å²) in [4.78, 5) is 42.2. The van der Waals surface area contributed by atoms with E-state index in [9.17, 15) is 19.5 Å². The molecular weight excluding hydrogens is 630 g/mol. The molecule has 5 aliphatic carbocycles. The first-order chi connectivity index (χ1) is 23.4. The van der Waals surface area contributed by atoms with Crippen molar-refractivity contribution in [3.63, 3.8) is 0 Å². The second kappa shape index (κ2) is 13.2. The number of esters is 2. The summed E-state index contributed by atoms with van der Waals surface area (Å²) in [6, 6.07) is 0. The highest BCUT2D eigenvalue weighted by Gasteiger charge is 2.73. The second-order valence-electron chi connectivity index (χ2n) is 19.1. The van der Waals surface area contributed by atoms with Crippen LogP contribution < -0.4 is 0 Å². The predicted octanol–water partition coefficient (Wildman–Crippen LogP) is 7.93. The summed E-state index contributed by atoms with van der Waals surface area (Å²) in [7, 11) is 0. The summed E-state index contributed by atoms with van der Waals surface area (Å²) < 4.78 is 19.5. The maximum atomic E-state index is 13.7. The van der Waals surface area contributed by atoms with Gasteiger partial charge in [-0.15, -0.1) is 0 Å². The fourth-order valence-electron chi connectivity index (χ4n) is 13.0. The topological polar surface area (TPSA) is 102 Å². The molecule has 0 radical (unpaired) electrons. The number of carboxylic acids is 1. The maximum absolute atomic E-state index is 13.7. The molecule has 8 nitrogen and oxygen atoms in total. The van der Waals surface area contributed by atoms with E-state index in [1.54, 1.807) is 0 Å². The Morgan fingerprint density at radius 3 is 2.32 bits per heavy atom. The molecular formula is C42H67NO7. The quantitative estimate of drug-likeness (QED) is 0.172. The number of hydrogen-bond acceptors (Lipinski definition) is 7. The van der Waals surface area contributed by atoms with E-state index in [0.717, 1.165) is 45.2 Å². The van der Waals surface area contributed by atoms with Gasteiger partial charge in [0.1, 0.15) is 12.2 Å². The van der Waals surface area contributed by atoms with E-state index in [1.165, 1.54) is 25.3 Å². The van der Waals surface area contributed by atoms with E-state index in [0.29, 0.717) is 31.3 Å². The maximum Gasteiger partial charge on any atom is 0.320 e. The molecule has 1 N–H and O–H groups in total. The van der Waals surface area contributed by atoms with E-state index in [1.807, 2.05) is 0 Å². The van der Waals surface area contributed by atoms with Crippen LogP contribution in [0.5, 0.6) is 0 Å². The predicted molar refractivity (Wildman–Crippen MR) is 193 cm³/mol. The number of fused-ring (bicyclic) bond motifs is 3. The zero-order valence-corrected chi connectivity index (χ0v) is 32.8. The van der Waals surface area contributed by atoms with Crippen molar-refractivity contribution in [3.05, 3.63) is 11.6 Å². The molecule has 0 aromatic heterocycles. The Balaban J connectivity index is 1.37. The van der Waals surface area contributed by atoms with Crippen molar-refractivity contribution < 1.29 is 33.7 Å². The number of hydrogen-bond donors (Lipinski definition) is 1. The van der Waals surface area contributed by atoms with Crippen LogP contribution in [-0.4, -0.2) is 72.5 Å². The molecule has 6 aliphatic rings. The second-order valence-corrected chi connectivity index (χ2v) is 19.1. The van der Waals surface area contributed by atoms with Gasteiger partial charge in [-0.1, -0.05) is 67.0 Å². The first-order valence-corrected chi connectivity index (χ1v) is 20.0. The van der Waals surface area contributed by atoms with E-state index in [4.69, 9.17) is 14.2 Å². The third-order valence-electron chi connectivity index (χ3n) is 16.2. The summed E-state index contributed by atoms with van der Waals surface area (Å²) >= 11 is 0. The Bertz CT molecular complexity index is 1370. The van der Waals surface area contributed by atoms with Crippen molar-refractivity contribution in [1.82, 2.24) is 4.90 Å². The molecule has 6 rings (SSSR count). The normalized spacial score (nSPS) is 44.4. The Kier molecular flexibility index (Phi) is 9.97. The van der Waals surface area contributed by atoms with Gasteiger partial charge < -0.3 is 19.3 Å². The molecule has 12 atom stereocenters. The monoisotopic (exact) mass is 697 g/mol. The summed E-state index contributed by atoms with van der Waals surface area (Å²) in [5.74, 6) is 0.0105. The van der Waals surface area contributed by atoms with Gasteiger partial charge in [-0.05, 0) is 111 Å². The molecule has 1 aliphatic heterocycles. The van der Waals surface area contributed by atoms with Crippen LogP contribution in [0.15, 0.2) is 11.6 Å². The summed E-state index contributed by atoms with van der Waals surface area (Å²) in [5, 5.41) is 11.0. The molecule has 0 spiro atoms. The van der Waals surface area contributed by atoms with Gasteiger partial charge in [0.25, 0.3) is 0 Å². The van der Waals surface area contributed by atoms with E-state index < -0.39 is 40.3 Å². The molecule has 282 valence electrons. The molecule has 8 heteroatoms. The zero-order valence-electron chi connectivity index (χ0n) is 32.8. The van der Waals surface area contributed by atoms with Gasteiger partial charge in [0.05, 0.1) is 25.2 Å². The van der Waals surface area contributed by atoms with Crippen molar-refractivity contribution in [2.75, 3.05) is 26.2 Å². The smallest absolute Gasteiger partial charge is 0.320 e. The minimum absolute atomic E-state index is 0.110. The van der Waals surface area contributed by atoms with Crippen LogP contribution >= 0.6 is 0 Å². The molecule has 5 fully saturated rings. The lowest BCUT2D eigenvalue weighted by Gasteiger charge is -2.72. The number of carboxylic acid groups (broad SMARTS) is 1. The Labute approximate surface area is 301 Å². The number of nitrogens with zero attached hydrogens (tertiary/aromatic N) is 1. The van der Waals surface area contributed by atoms with Crippen LogP contribution in [-0.2, 0) is 28.6 Å². The van der Waals surface area contributed by atoms with Gasteiger partial charge in [0.2, 0.25) is 0 Å². The minimum Gasteiger partial charge on any atom is -0.481 e. The van der Waals surface area contributed by atoms with Crippen molar-refractivity contribution in [3.8, 4) is 0 Å². The van der Waals surface area contributed by atoms with E-state index in [2.05, 4.69) is 73.3 Å². The minimum atomic E-state index is -0.661. The van der Waals surface area contributed by atoms with E-state index in [-0.39, 0.29) is 53.2 Å². The summed E-state index contributed by atoms with van der Waals surface area (Å²) in [5.41, 5.74) is -0.481. The lowest BCUT2D eigenvalue weighted by atomic mass is 9.34. The van der Waals surface area contributed by atoms with Gasteiger partial charge in [-0.2, -0.15) is 0 Å². The average molecular weight is 698 g/mol. The van der Waals surface area contributed by atoms with Crippen LogP contribution in [0.25, 0.3) is 0 Å². The van der Waals surface area contributed by atoms with Gasteiger partial charge in [-0.25, -0.2) is 0 Å². The van der Waals surface area contributed by atoms with Crippen molar-refractivity contribution in [1.29, 1.82) is 0 Å². The number of aliphatic carboxylic acids is 1. The number of rotatable bonds is 11. The van der Waals surface area contributed by atoms with E-state index >= 15 is 0 Å². The number of allylic oxidation sites excluding steroid dienone is 1. The first-order valence-electron chi connectivity index (χ1n) is 20.0. The van der Waals surface area contributed by atoms with Crippen molar-refractivity contribution >= 4 is 17.9 Å². The van der Waals surface area contributed by atoms with Crippen LogP contribution in [0.1, 0.15) is 127 Å². The van der Waals surface area contributed by atoms with Crippen LogP contribution in [0, 0.1) is 62.6 Å².